The van der Waals surface area contributed by atoms with Gasteiger partial charge in [-0.3, -0.25) is 14.4 Å². The van der Waals surface area contributed by atoms with Gasteiger partial charge in [0.15, 0.2) is 5.43 Å². The fourth-order valence-corrected chi connectivity index (χ4v) is 4.14. The van der Waals surface area contributed by atoms with E-state index in [0.717, 1.165) is 5.69 Å². The van der Waals surface area contributed by atoms with Crippen LogP contribution in [0.2, 0.25) is 0 Å². The summed E-state index contributed by atoms with van der Waals surface area (Å²) in [5, 5.41) is 11.0. The number of aromatic hydroxyl groups is 1. The molecule has 0 aliphatic rings. The molecule has 1 aromatic carbocycles. The lowest BCUT2D eigenvalue weighted by Crippen LogP contribution is -2.30. The van der Waals surface area contributed by atoms with Crippen molar-refractivity contribution in [2.24, 2.45) is 0 Å². The number of carbonyl (C=O) groups excluding carboxylic acids is 1. The number of methoxy groups -OCH3 is 2. The Morgan fingerprint density at radius 2 is 2.06 bits per heavy atom. The van der Waals surface area contributed by atoms with Crippen molar-refractivity contribution in [3.05, 3.63) is 86.1 Å². The smallest absolute Gasteiger partial charge is 0.306 e. The number of aromatic nitrogens is 3. The van der Waals surface area contributed by atoms with Crippen LogP contribution < -0.4 is 15.7 Å². The fourth-order valence-electron chi connectivity index (χ4n) is 4.14. The van der Waals surface area contributed by atoms with E-state index in [1.807, 2.05) is 0 Å². The summed E-state index contributed by atoms with van der Waals surface area (Å²) in [6.07, 6.45) is 4.58. The zero-order valence-electron chi connectivity index (χ0n) is 19.5. The maximum atomic E-state index is 13.6. The number of carbonyl (C=O) groups is 1. The molecule has 0 aliphatic heterocycles. The minimum Gasteiger partial charge on any atom is -0.507 e. The number of imidazole rings is 1. The molecule has 0 unspecified atom stereocenters. The van der Waals surface area contributed by atoms with Crippen LogP contribution in [0.25, 0.3) is 11.0 Å². The van der Waals surface area contributed by atoms with Crippen molar-refractivity contribution in [1.82, 2.24) is 14.5 Å². The number of aromatic amines is 1. The molecule has 10 nitrogen and oxygen atoms in total. The molecule has 1 atom stereocenters. The van der Waals surface area contributed by atoms with Gasteiger partial charge in [-0.1, -0.05) is 0 Å². The molecule has 3 aromatic heterocycles. The van der Waals surface area contributed by atoms with E-state index in [-0.39, 0.29) is 28.7 Å². The molecule has 182 valence electrons. The fraction of sp³-hybridized carbons (Fsp3) is 0.280. The van der Waals surface area contributed by atoms with Crippen molar-refractivity contribution < 1.29 is 23.8 Å². The lowest BCUT2D eigenvalue weighted by atomic mass is 9.88. The average Bonchev–Trinajstić information content (AvgIpc) is 3.37. The number of esters is 1. The van der Waals surface area contributed by atoms with Crippen LogP contribution in [0, 0.1) is 6.92 Å². The van der Waals surface area contributed by atoms with Crippen LogP contribution in [0.5, 0.6) is 11.5 Å². The van der Waals surface area contributed by atoms with E-state index >= 15 is 0 Å². The van der Waals surface area contributed by atoms with E-state index in [4.69, 9.17) is 13.9 Å². The molecule has 4 rings (SSSR count). The molecule has 3 heterocycles. The first-order chi connectivity index (χ1) is 16.8. The SMILES string of the molecule is COC(=O)C[C@H](c1coc2ccc(OC)cc2c1=O)c1c(O)cc(C)n(CCc2cnc[nH]2)c1=O. The van der Waals surface area contributed by atoms with Gasteiger partial charge in [-0.25, -0.2) is 4.98 Å². The molecule has 0 spiro atoms. The number of hydrogen-bond donors (Lipinski definition) is 2. The minimum absolute atomic E-state index is 0.0486. The van der Waals surface area contributed by atoms with Gasteiger partial charge in [0.25, 0.3) is 5.56 Å². The minimum atomic E-state index is -1.10. The molecular formula is C25H25N3O7. The zero-order valence-corrected chi connectivity index (χ0v) is 19.5. The first-order valence-electron chi connectivity index (χ1n) is 10.9. The third-order valence-corrected chi connectivity index (χ3v) is 6.01. The topological polar surface area (TPSA) is 137 Å². The Hall–Kier alpha value is -4.34. The summed E-state index contributed by atoms with van der Waals surface area (Å²) in [4.78, 5) is 46.4. The number of nitrogens with one attached hydrogen (secondary N) is 1. The molecule has 2 N–H and O–H groups in total. The van der Waals surface area contributed by atoms with Crippen LogP contribution in [0.3, 0.4) is 0 Å². The zero-order chi connectivity index (χ0) is 25.1. The number of H-pyrrole nitrogens is 1. The first kappa shape index (κ1) is 23.8. The molecule has 10 heteroatoms. The van der Waals surface area contributed by atoms with Gasteiger partial charge in [0, 0.05) is 42.0 Å². The second-order valence-corrected chi connectivity index (χ2v) is 8.08. The molecule has 0 amide bonds. The lowest BCUT2D eigenvalue weighted by molar-refractivity contribution is -0.140. The molecular weight excluding hydrogens is 454 g/mol. The number of rotatable bonds is 8. The largest absolute Gasteiger partial charge is 0.507 e. The maximum absolute atomic E-state index is 13.6. The van der Waals surface area contributed by atoms with Crippen LogP contribution in [-0.4, -0.2) is 39.8 Å². The summed E-state index contributed by atoms with van der Waals surface area (Å²) < 4.78 is 17.2. The van der Waals surface area contributed by atoms with E-state index in [0.29, 0.717) is 30.0 Å². The second kappa shape index (κ2) is 9.88. The average molecular weight is 479 g/mol. The third kappa shape index (κ3) is 4.68. The van der Waals surface area contributed by atoms with Gasteiger partial charge < -0.3 is 28.5 Å². The van der Waals surface area contributed by atoms with Crippen LogP contribution in [0.15, 0.2) is 57.1 Å². The number of fused-ring (bicyclic) bond motifs is 1. The summed E-state index contributed by atoms with van der Waals surface area (Å²) >= 11 is 0. The quantitative estimate of drug-likeness (QED) is 0.368. The van der Waals surface area contributed by atoms with Crippen molar-refractivity contribution in [2.45, 2.75) is 32.2 Å². The van der Waals surface area contributed by atoms with Crippen molar-refractivity contribution >= 4 is 16.9 Å². The highest BCUT2D eigenvalue weighted by Gasteiger charge is 2.29. The van der Waals surface area contributed by atoms with E-state index in [9.17, 15) is 19.5 Å². The van der Waals surface area contributed by atoms with Crippen molar-refractivity contribution in [1.29, 1.82) is 0 Å². The highest BCUT2D eigenvalue weighted by atomic mass is 16.5. The normalized spacial score (nSPS) is 12.0. The van der Waals surface area contributed by atoms with Crippen molar-refractivity contribution in [2.75, 3.05) is 14.2 Å². The van der Waals surface area contributed by atoms with E-state index < -0.39 is 22.9 Å². The molecule has 0 saturated heterocycles. The number of benzene rings is 1. The Balaban J connectivity index is 1.88. The molecule has 0 bridgehead atoms. The molecule has 35 heavy (non-hydrogen) atoms. The number of ether oxygens (including phenoxy) is 2. The molecule has 4 aromatic rings. The van der Waals surface area contributed by atoms with E-state index in [2.05, 4.69) is 9.97 Å². The summed E-state index contributed by atoms with van der Waals surface area (Å²) in [7, 11) is 2.69. The van der Waals surface area contributed by atoms with Gasteiger partial charge in [0.05, 0.1) is 44.2 Å². The van der Waals surface area contributed by atoms with Crippen LogP contribution in [0.4, 0.5) is 0 Å². The third-order valence-electron chi connectivity index (χ3n) is 6.01. The molecule has 0 saturated carbocycles. The summed E-state index contributed by atoms with van der Waals surface area (Å²) in [6, 6.07) is 6.22. The maximum Gasteiger partial charge on any atom is 0.306 e. The highest BCUT2D eigenvalue weighted by Crippen LogP contribution is 2.32. The Kier molecular flexibility index (Phi) is 6.72. The molecule has 0 fully saturated rings. The van der Waals surface area contributed by atoms with Gasteiger partial charge in [0.1, 0.15) is 17.1 Å². The predicted molar refractivity (Wildman–Crippen MR) is 127 cm³/mol. The van der Waals surface area contributed by atoms with E-state index in [1.165, 1.54) is 37.2 Å². The number of pyridine rings is 1. The Morgan fingerprint density at radius 3 is 2.74 bits per heavy atom. The second-order valence-electron chi connectivity index (χ2n) is 8.08. The van der Waals surface area contributed by atoms with Crippen LogP contribution in [-0.2, 0) is 22.5 Å². The van der Waals surface area contributed by atoms with E-state index in [1.54, 1.807) is 31.6 Å². The lowest BCUT2D eigenvalue weighted by Gasteiger charge is -2.20. The first-order valence-corrected chi connectivity index (χ1v) is 10.9. The standard InChI is InChI=1S/C25H25N3O7/c1-14-8-20(29)23(25(32)28(14)7-6-15-11-26-13-27-15)17(10-22(30)34-3)19-12-35-21-5-4-16(33-2)9-18(21)24(19)31/h4-5,8-9,11-13,17,29H,6-7,10H2,1-3H3,(H,26,27)/t17-/m1/s1. The molecule has 0 radical (unpaired) electrons. The van der Waals surface area contributed by atoms with Gasteiger partial charge in [-0.15, -0.1) is 0 Å². The van der Waals surface area contributed by atoms with Crippen molar-refractivity contribution in [3.8, 4) is 11.5 Å². The van der Waals surface area contributed by atoms with Gasteiger partial charge in [-0.2, -0.15) is 0 Å². The highest BCUT2D eigenvalue weighted by molar-refractivity contribution is 5.79. The Morgan fingerprint density at radius 1 is 1.26 bits per heavy atom. The van der Waals surface area contributed by atoms with Gasteiger partial charge in [-0.05, 0) is 31.2 Å². The molecule has 0 aliphatic carbocycles. The van der Waals surface area contributed by atoms with Crippen LogP contribution in [0.1, 0.15) is 34.9 Å². The predicted octanol–water partition coefficient (Wildman–Crippen LogP) is 2.64. The Labute approximate surface area is 199 Å². The van der Waals surface area contributed by atoms with Crippen LogP contribution >= 0.6 is 0 Å². The van der Waals surface area contributed by atoms with Gasteiger partial charge in [0.2, 0.25) is 0 Å². The van der Waals surface area contributed by atoms with Gasteiger partial charge >= 0.3 is 5.97 Å². The Bertz CT molecular complexity index is 1490. The number of aryl methyl sites for hydroxylation is 2. The summed E-state index contributed by atoms with van der Waals surface area (Å²) in [5.41, 5.74) is 0.696. The monoisotopic (exact) mass is 479 g/mol. The number of nitrogens with zero attached hydrogens (tertiary/aromatic N) is 2. The number of hydrogen-bond acceptors (Lipinski definition) is 8. The summed E-state index contributed by atoms with van der Waals surface area (Å²) in [5.74, 6) is -1.61. The van der Waals surface area contributed by atoms with Crippen molar-refractivity contribution in [3.63, 3.8) is 0 Å². The summed E-state index contributed by atoms with van der Waals surface area (Å²) in [6.45, 7) is 2.00.